The predicted octanol–water partition coefficient (Wildman–Crippen LogP) is 4.24. The molecule has 0 amide bonds. The minimum Gasteiger partial charge on any atom is -0.481 e. The molecule has 2 heterocycles. The number of carboxylic acid groups (broad SMARTS) is 1. The maximum atomic E-state index is 11.6. The number of rotatable bonds is 1. The van der Waals surface area contributed by atoms with Crippen molar-refractivity contribution >= 4 is 28.6 Å². The van der Waals surface area contributed by atoms with Crippen LogP contribution >= 0.6 is 22.7 Å². The summed E-state index contributed by atoms with van der Waals surface area (Å²) in [6.45, 7) is 8.30. The Morgan fingerprint density at radius 1 is 1.00 bits per heavy atom. The molecule has 0 spiro atoms. The van der Waals surface area contributed by atoms with Crippen molar-refractivity contribution in [2.75, 3.05) is 0 Å². The van der Waals surface area contributed by atoms with Crippen LogP contribution in [0.15, 0.2) is 0 Å². The molecule has 0 aromatic carbocycles. The number of aliphatic carboxylic acids is 1. The van der Waals surface area contributed by atoms with E-state index in [2.05, 4.69) is 20.8 Å². The second-order valence-electron chi connectivity index (χ2n) is 4.80. The standard InChI is InChI=1S/C14H14O2S2/c1-5-6(2)18-13-9(5)10-7(3)17-8(4)11(10)12(13)14(15)16/h12H,1-4H3,(H,15,16). The van der Waals surface area contributed by atoms with Gasteiger partial charge in [0.15, 0.2) is 0 Å². The third-order valence-corrected chi connectivity index (χ3v) is 6.08. The third-order valence-electron chi connectivity index (χ3n) is 3.77. The highest BCUT2D eigenvalue weighted by atomic mass is 32.1. The molecule has 0 fully saturated rings. The van der Waals surface area contributed by atoms with Crippen LogP contribution in [0.25, 0.3) is 11.1 Å². The fourth-order valence-corrected chi connectivity index (χ4v) is 5.28. The van der Waals surface area contributed by atoms with Gasteiger partial charge in [-0.2, -0.15) is 0 Å². The van der Waals surface area contributed by atoms with Gasteiger partial charge < -0.3 is 5.11 Å². The summed E-state index contributed by atoms with van der Waals surface area (Å²) in [6, 6.07) is 0. The van der Waals surface area contributed by atoms with E-state index in [0.717, 1.165) is 15.3 Å². The lowest BCUT2D eigenvalue weighted by Gasteiger charge is -2.05. The first-order valence-electron chi connectivity index (χ1n) is 5.86. The van der Waals surface area contributed by atoms with Gasteiger partial charge in [-0.1, -0.05) is 0 Å². The van der Waals surface area contributed by atoms with Crippen molar-refractivity contribution in [3.05, 3.63) is 30.6 Å². The second-order valence-corrected chi connectivity index (χ2v) is 7.48. The highest BCUT2D eigenvalue weighted by molar-refractivity contribution is 7.14. The van der Waals surface area contributed by atoms with E-state index in [1.54, 1.807) is 22.7 Å². The number of carbonyl (C=O) groups is 1. The average Bonchev–Trinajstić information content (AvgIpc) is 2.83. The summed E-state index contributed by atoms with van der Waals surface area (Å²) in [5.74, 6) is -1.17. The van der Waals surface area contributed by atoms with Gasteiger partial charge in [0.05, 0.1) is 0 Å². The van der Waals surface area contributed by atoms with Crippen LogP contribution in [-0.4, -0.2) is 11.1 Å². The predicted molar refractivity (Wildman–Crippen MR) is 76.1 cm³/mol. The van der Waals surface area contributed by atoms with Crippen LogP contribution in [0.5, 0.6) is 0 Å². The van der Waals surface area contributed by atoms with Gasteiger partial charge in [-0.3, -0.25) is 4.79 Å². The number of carboxylic acids is 1. The van der Waals surface area contributed by atoms with E-state index in [0.29, 0.717) is 0 Å². The van der Waals surface area contributed by atoms with Crippen LogP contribution in [0.1, 0.15) is 36.6 Å². The lowest BCUT2D eigenvalue weighted by molar-refractivity contribution is -0.137. The smallest absolute Gasteiger partial charge is 0.316 e. The number of thiophene rings is 2. The number of fused-ring (bicyclic) bond motifs is 3. The Labute approximate surface area is 114 Å². The van der Waals surface area contributed by atoms with Crippen molar-refractivity contribution in [2.24, 2.45) is 0 Å². The van der Waals surface area contributed by atoms with Crippen molar-refractivity contribution in [1.82, 2.24) is 0 Å². The van der Waals surface area contributed by atoms with Crippen LogP contribution in [-0.2, 0) is 4.79 Å². The Hall–Kier alpha value is -1.13. The summed E-state index contributed by atoms with van der Waals surface area (Å²) in [5, 5.41) is 9.55. The summed E-state index contributed by atoms with van der Waals surface area (Å²) >= 11 is 3.36. The Balaban J connectivity index is 2.42. The fourth-order valence-electron chi connectivity index (χ4n) is 2.89. The van der Waals surface area contributed by atoms with E-state index in [4.69, 9.17) is 0 Å². The first-order chi connectivity index (χ1) is 8.43. The first-order valence-corrected chi connectivity index (χ1v) is 7.49. The van der Waals surface area contributed by atoms with Gasteiger partial charge in [0.2, 0.25) is 0 Å². The van der Waals surface area contributed by atoms with E-state index in [1.165, 1.54) is 26.4 Å². The van der Waals surface area contributed by atoms with E-state index < -0.39 is 11.9 Å². The monoisotopic (exact) mass is 278 g/mol. The molecule has 1 aliphatic carbocycles. The Bertz CT molecular complexity index is 677. The van der Waals surface area contributed by atoms with Crippen molar-refractivity contribution < 1.29 is 9.90 Å². The van der Waals surface area contributed by atoms with Crippen LogP contribution in [0.2, 0.25) is 0 Å². The summed E-state index contributed by atoms with van der Waals surface area (Å²) < 4.78 is 0. The van der Waals surface area contributed by atoms with Gasteiger partial charge in [0, 0.05) is 30.6 Å². The molecule has 0 aliphatic heterocycles. The molecule has 2 aromatic heterocycles. The third kappa shape index (κ3) is 1.30. The van der Waals surface area contributed by atoms with E-state index in [9.17, 15) is 9.90 Å². The molecule has 1 unspecified atom stereocenters. The highest BCUT2D eigenvalue weighted by Gasteiger charge is 2.40. The largest absolute Gasteiger partial charge is 0.481 e. The lowest BCUT2D eigenvalue weighted by Crippen LogP contribution is -2.09. The molecule has 0 saturated heterocycles. The molecular weight excluding hydrogens is 264 g/mol. The summed E-state index contributed by atoms with van der Waals surface area (Å²) in [7, 11) is 0. The van der Waals surface area contributed by atoms with E-state index in [-0.39, 0.29) is 0 Å². The van der Waals surface area contributed by atoms with Crippen molar-refractivity contribution in [3.63, 3.8) is 0 Å². The highest BCUT2D eigenvalue weighted by Crippen LogP contribution is 2.55. The topological polar surface area (TPSA) is 37.3 Å². The quantitative estimate of drug-likeness (QED) is 0.847. The van der Waals surface area contributed by atoms with Gasteiger partial charge in [0.1, 0.15) is 5.92 Å². The van der Waals surface area contributed by atoms with Gasteiger partial charge in [0.25, 0.3) is 0 Å². The fraction of sp³-hybridized carbons (Fsp3) is 0.357. The molecule has 2 aromatic rings. The molecule has 2 nitrogen and oxygen atoms in total. The van der Waals surface area contributed by atoms with E-state index in [1.807, 2.05) is 6.92 Å². The SMILES string of the molecule is Cc1sc2c(c1C)-c1c(C)sc(C)c1C2C(=O)O. The van der Waals surface area contributed by atoms with Crippen LogP contribution < -0.4 is 0 Å². The molecule has 3 rings (SSSR count). The molecule has 1 atom stereocenters. The van der Waals surface area contributed by atoms with Crippen molar-refractivity contribution in [3.8, 4) is 11.1 Å². The number of aryl methyl sites for hydroxylation is 3. The van der Waals surface area contributed by atoms with Crippen LogP contribution in [0.4, 0.5) is 0 Å². The van der Waals surface area contributed by atoms with Gasteiger partial charge in [-0.15, -0.1) is 22.7 Å². The zero-order valence-corrected chi connectivity index (χ0v) is 12.4. The molecule has 94 valence electrons. The number of hydrogen-bond acceptors (Lipinski definition) is 3. The van der Waals surface area contributed by atoms with Gasteiger partial charge >= 0.3 is 5.97 Å². The summed E-state index contributed by atoms with van der Waals surface area (Å²) in [6.07, 6.45) is 0. The molecule has 0 saturated carbocycles. The molecular formula is C14H14O2S2. The molecule has 18 heavy (non-hydrogen) atoms. The first kappa shape index (κ1) is 11.9. The Kier molecular flexibility index (Phi) is 2.44. The summed E-state index contributed by atoms with van der Waals surface area (Å²) in [4.78, 5) is 16.3. The van der Waals surface area contributed by atoms with E-state index >= 15 is 0 Å². The Morgan fingerprint density at radius 2 is 1.67 bits per heavy atom. The lowest BCUT2D eigenvalue weighted by atomic mass is 10.0. The summed E-state index contributed by atoms with van der Waals surface area (Å²) in [5.41, 5.74) is 4.68. The number of hydrogen-bond donors (Lipinski definition) is 1. The average molecular weight is 278 g/mol. The minimum atomic E-state index is -0.725. The second kappa shape index (κ2) is 3.68. The maximum absolute atomic E-state index is 11.6. The Morgan fingerprint density at radius 3 is 2.28 bits per heavy atom. The zero-order chi connectivity index (χ0) is 13.2. The minimum absolute atomic E-state index is 0.447. The normalized spacial score (nSPS) is 16.8. The van der Waals surface area contributed by atoms with Crippen molar-refractivity contribution in [2.45, 2.75) is 33.6 Å². The molecule has 0 bridgehead atoms. The molecule has 4 heteroatoms. The maximum Gasteiger partial charge on any atom is 0.316 e. The zero-order valence-electron chi connectivity index (χ0n) is 10.7. The van der Waals surface area contributed by atoms with Crippen LogP contribution in [0.3, 0.4) is 0 Å². The van der Waals surface area contributed by atoms with Gasteiger partial charge in [-0.05, 0) is 38.8 Å². The van der Waals surface area contributed by atoms with Gasteiger partial charge in [-0.25, -0.2) is 0 Å². The van der Waals surface area contributed by atoms with Crippen molar-refractivity contribution in [1.29, 1.82) is 0 Å². The molecule has 0 radical (unpaired) electrons. The van der Waals surface area contributed by atoms with Crippen LogP contribution in [0, 0.1) is 27.7 Å². The molecule has 1 aliphatic rings. The molecule has 1 N–H and O–H groups in total.